The summed E-state index contributed by atoms with van der Waals surface area (Å²) in [5.74, 6) is 0.335. The van der Waals surface area contributed by atoms with Gasteiger partial charge in [-0.3, -0.25) is 14.9 Å². The number of carbonyl (C=O) groups excluding carboxylic acids is 1. The van der Waals surface area contributed by atoms with Crippen LogP contribution >= 0.6 is 11.6 Å². The van der Waals surface area contributed by atoms with E-state index in [1.54, 1.807) is 0 Å². The van der Waals surface area contributed by atoms with Crippen molar-refractivity contribution in [3.05, 3.63) is 27.8 Å². The molecule has 0 saturated carbocycles. The molecule has 1 aromatic carbocycles. The first kappa shape index (κ1) is 10.7. The van der Waals surface area contributed by atoms with Crippen LogP contribution in [0.1, 0.15) is 10.4 Å². The lowest BCUT2D eigenvalue weighted by molar-refractivity contribution is -0.385. The fraction of sp³-hybridized carbons (Fsp3) is 0.222. The molecule has 0 spiro atoms. The Morgan fingerprint density at radius 2 is 2.06 bits per heavy atom. The van der Waals surface area contributed by atoms with Crippen molar-refractivity contribution in [1.82, 2.24) is 0 Å². The van der Waals surface area contributed by atoms with Gasteiger partial charge in [-0.25, -0.2) is 0 Å². The van der Waals surface area contributed by atoms with Gasteiger partial charge in [0.25, 0.3) is 10.9 Å². The first-order valence-electron chi connectivity index (χ1n) is 4.38. The van der Waals surface area contributed by atoms with Crippen molar-refractivity contribution in [1.29, 1.82) is 0 Å². The van der Waals surface area contributed by atoms with Gasteiger partial charge in [0, 0.05) is 6.07 Å². The third kappa shape index (κ3) is 1.67. The first-order valence-corrected chi connectivity index (χ1v) is 4.76. The van der Waals surface area contributed by atoms with E-state index in [9.17, 15) is 14.9 Å². The van der Waals surface area contributed by atoms with Crippen molar-refractivity contribution in [2.45, 2.75) is 0 Å². The smallest absolute Gasteiger partial charge is 0.285 e. The third-order valence-corrected chi connectivity index (χ3v) is 2.27. The number of benzene rings is 1. The first-order chi connectivity index (χ1) is 7.61. The summed E-state index contributed by atoms with van der Waals surface area (Å²) in [4.78, 5) is 21.2. The SMILES string of the molecule is O=C(Cl)c1c([N+](=O)[O-])ccc2c1OCCO2. The number of fused-ring (bicyclic) bond motifs is 1. The number of hydrogen-bond donors (Lipinski definition) is 0. The Morgan fingerprint density at radius 3 is 2.69 bits per heavy atom. The highest BCUT2D eigenvalue weighted by Crippen LogP contribution is 2.39. The summed E-state index contributed by atoms with van der Waals surface area (Å²) in [5.41, 5.74) is -0.645. The summed E-state index contributed by atoms with van der Waals surface area (Å²) in [6.45, 7) is 0.562. The Balaban J connectivity index is 2.66. The summed E-state index contributed by atoms with van der Waals surface area (Å²) in [6.07, 6.45) is 0. The molecule has 0 bridgehead atoms. The molecular weight excluding hydrogens is 238 g/mol. The Labute approximate surface area is 94.9 Å². The lowest BCUT2D eigenvalue weighted by atomic mass is 10.1. The van der Waals surface area contributed by atoms with Crippen molar-refractivity contribution in [3.8, 4) is 11.5 Å². The van der Waals surface area contributed by atoms with Crippen molar-refractivity contribution in [3.63, 3.8) is 0 Å². The zero-order valence-corrected chi connectivity index (χ0v) is 8.69. The second-order valence-corrected chi connectivity index (χ2v) is 3.36. The fourth-order valence-electron chi connectivity index (χ4n) is 1.45. The molecule has 1 aromatic rings. The van der Waals surface area contributed by atoms with Crippen LogP contribution in [-0.2, 0) is 0 Å². The number of carbonyl (C=O) groups is 1. The van der Waals surface area contributed by atoms with Crippen molar-refractivity contribution in [2.75, 3.05) is 13.2 Å². The summed E-state index contributed by atoms with van der Waals surface area (Å²) < 4.78 is 10.4. The second-order valence-electron chi connectivity index (χ2n) is 3.01. The van der Waals surface area contributed by atoms with E-state index < -0.39 is 10.2 Å². The van der Waals surface area contributed by atoms with Crippen LogP contribution < -0.4 is 9.47 Å². The van der Waals surface area contributed by atoms with Gasteiger partial charge in [0.2, 0.25) is 0 Å². The van der Waals surface area contributed by atoms with Crippen LogP contribution in [0.15, 0.2) is 12.1 Å². The van der Waals surface area contributed by atoms with E-state index in [2.05, 4.69) is 0 Å². The lowest BCUT2D eigenvalue weighted by Crippen LogP contribution is -2.17. The van der Waals surface area contributed by atoms with E-state index in [0.29, 0.717) is 12.4 Å². The molecule has 0 N–H and O–H groups in total. The van der Waals surface area contributed by atoms with Crippen molar-refractivity contribution in [2.24, 2.45) is 0 Å². The maximum Gasteiger partial charge on any atom is 0.285 e. The van der Waals surface area contributed by atoms with E-state index in [0.717, 1.165) is 0 Å². The van der Waals surface area contributed by atoms with E-state index in [1.165, 1.54) is 12.1 Å². The van der Waals surface area contributed by atoms with E-state index in [-0.39, 0.29) is 23.6 Å². The molecule has 6 nitrogen and oxygen atoms in total. The van der Waals surface area contributed by atoms with Crippen LogP contribution in [0.5, 0.6) is 11.5 Å². The summed E-state index contributed by atoms with van der Waals surface area (Å²) in [5, 5.41) is 9.77. The zero-order valence-electron chi connectivity index (χ0n) is 7.94. The quantitative estimate of drug-likeness (QED) is 0.449. The average molecular weight is 244 g/mol. The zero-order chi connectivity index (χ0) is 11.7. The van der Waals surface area contributed by atoms with Gasteiger partial charge in [-0.15, -0.1) is 0 Å². The van der Waals surface area contributed by atoms with Crippen molar-refractivity contribution >= 4 is 22.5 Å². The molecule has 0 aliphatic carbocycles. The van der Waals surface area contributed by atoms with Crippen molar-refractivity contribution < 1.29 is 19.2 Å². The molecule has 0 unspecified atom stereocenters. The Morgan fingerprint density at radius 1 is 1.38 bits per heavy atom. The molecule has 16 heavy (non-hydrogen) atoms. The summed E-state index contributed by atoms with van der Waals surface area (Å²) in [6, 6.07) is 2.55. The van der Waals surface area contributed by atoms with Crippen LogP contribution in [0.3, 0.4) is 0 Å². The molecule has 0 fully saturated rings. The van der Waals surface area contributed by atoms with E-state index in [1.807, 2.05) is 0 Å². The fourth-order valence-corrected chi connectivity index (χ4v) is 1.63. The highest BCUT2D eigenvalue weighted by Gasteiger charge is 2.29. The molecule has 2 rings (SSSR count). The lowest BCUT2D eigenvalue weighted by Gasteiger charge is -2.19. The predicted octanol–water partition coefficient (Wildman–Crippen LogP) is 1.74. The predicted molar refractivity (Wildman–Crippen MR) is 54.3 cm³/mol. The molecule has 84 valence electrons. The Kier molecular flexibility index (Phi) is 2.66. The highest BCUT2D eigenvalue weighted by atomic mass is 35.5. The van der Waals surface area contributed by atoms with Crippen LogP contribution in [0.25, 0.3) is 0 Å². The number of nitro groups is 1. The molecule has 0 saturated heterocycles. The minimum Gasteiger partial charge on any atom is -0.486 e. The number of ether oxygens (including phenoxy) is 2. The molecule has 1 heterocycles. The second kappa shape index (κ2) is 3.97. The van der Waals surface area contributed by atoms with Gasteiger partial charge < -0.3 is 9.47 Å². The number of halogens is 1. The van der Waals surface area contributed by atoms with Crippen LogP contribution in [0.2, 0.25) is 0 Å². The van der Waals surface area contributed by atoms with E-state index in [4.69, 9.17) is 21.1 Å². The molecule has 0 aromatic heterocycles. The molecule has 1 aliphatic heterocycles. The van der Waals surface area contributed by atoms with Gasteiger partial charge in [-0.05, 0) is 17.7 Å². The minimum atomic E-state index is -0.936. The standard InChI is InChI=1S/C9H6ClNO5/c10-9(12)7-5(11(13)14)1-2-6-8(7)16-4-3-15-6/h1-2H,3-4H2. The van der Waals surface area contributed by atoms with Crippen LogP contribution in [0.4, 0.5) is 5.69 Å². The average Bonchev–Trinajstić information content (AvgIpc) is 2.27. The number of nitro benzene ring substituents is 1. The monoisotopic (exact) mass is 243 g/mol. The molecule has 0 amide bonds. The van der Waals surface area contributed by atoms with Gasteiger partial charge >= 0.3 is 0 Å². The Bertz CT molecular complexity index is 473. The van der Waals surface area contributed by atoms with Gasteiger partial charge in [0.15, 0.2) is 17.1 Å². The van der Waals surface area contributed by atoms with Gasteiger partial charge in [-0.1, -0.05) is 0 Å². The van der Waals surface area contributed by atoms with Gasteiger partial charge in [-0.2, -0.15) is 0 Å². The summed E-state index contributed by atoms with van der Waals surface area (Å²) >= 11 is 5.31. The van der Waals surface area contributed by atoms with Gasteiger partial charge in [0.05, 0.1) is 4.92 Å². The summed E-state index contributed by atoms with van der Waals surface area (Å²) in [7, 11) is 0. The largest absolute Gasteiger partial charge is 0.486 e. The van der Waals surface area contributed by atoms with Crippen LogP contribution in [0, 0.1) is 10.1 Å². The third-order valence-electron chi connectivity index (χ3n) is 2.08. The van der Waals surface area contributed by atoms with E-state index >= 15 is 0 Å². The Hall–Kier alpha value is -1.82. The van der Waals surface area contributed by atoms with Gasteiger partial charge in [0.1, 0.15) is 13.2 Å². The molecule has 0 atom stereocenters. The minimum absolute atomic E-state index is 0.0421. The maximum atomic E-state index is 11.2. The van der Waals surface area contributed by atoms with Crippen LogP contribution in [-0.4, -0.2) is 23.4 Å². The normalized spacial score (nSPS) is 13.3. The molecule has 1 aliphatic rings. The molecule has 7 heteroatoms. The number of nitrogens with zero attached hydrogens (tertiary/aromatic N) is 1. The maximum absolute atomic E-state index is 11.2. The number of rotatable bonds is 2. The topological polar surface area (TPSA) is 78.7 Å². The molecule has 0 radical (unpaired) electrons. The number of hydrogen-bond acceptors (Lipinski definition) is 5. The highest BCUT2D eigenvalue weighted by molar-refractivity contribution is 6.68. The molecular formula is C9H6ClNO5.